The highest BCUT2D eigenvalue weighted by Gasteiger charge is 2.15. The molecule has 0 aliphatic rings. The summed E-state index contributed by atoms with van der Waals surface area (Å²) in [4.78, 5) is 11.5. The summed E-state index contributed by atoms with van der Waals surface area (Å²) >= 11 is 0. The molecular formula is C11H23NO. The van der Waals surface area contributed by atoms with E-state index >= 15 is 0 Å². The van der Waals surface area contributed by atoms with Gasteiger partial charge in [-0.1, -0.05) is 33.1 Å². The molecule has 2 heteroatoms. The number of hydrogen-bond donors (Lipinski definition) is 1. The second kappa shape index (κ2) is 8.09. The zero-order valence-electron chi connectivity index (χ0n) is 9.23. The monoisotopic (exact) mass is 185 g/mol. The van der Waals surface area contributed by atoms with Gasteiger partial charge in [-0.3, -0.25) is 4.79 Å². The van der Waals surface area contributed by atoms with Gasteiger partial charge in [0.05, 0.1) is 0 Å². The van der Waals surface area contributed by atoms with Crippen LogP contribution in [0.25, 0.3) is 0 Å². The van der Waals surface area contributed by atoms with Crippen LogP contribution in [0.1, 0.15) is 52.9 Å². The Bertz CT molecular complexity index is 134. The topological polar surface area (TPSA) is 29.1 Å². The van der Waals surface area contributed by atoms with Crippen LogP contribution >= 0.6 is 0 Å². The minimum absolute atomic E-state index is 0.248. The van der Waals surface area contributed by atoms with Gasteiger partial charge in [-0.05, 0) is 19.8 Å². The summed E-state index contributed by atoms with van der Waals surface area (Å²) in [5, 5.41) is 2.90. The van der Waals surface area contributed by atoms with E-state index in [2.05, 4.69) is 19.2 Å². The number of carbonyl (C=O) groups is 1. The molecule has 0 bridgehead atoms. The highest BCUT2D eigenvalue weighted by atomic mass is 16.1. The van der Waals surface area contributed by atoms with Gasteiger partial charge in [-0.25, -0.2) is 0 Å². The molecule has 78 valence electrons. The van der Waals surface area contributed by atoms with Crippen LogP contribution in [0, 0.1) is 5.92 Å². The maximum atomic E-state index is 11.5. The van der Waals surface area contributed by atoms with E-state index in [1.54, 1.807) is 0 Å². The Morgan fingerprint density at radius 2 is 1.85 bits per heavy atom. The van der Waals surface area contributed by atoms with Gasteiger partial charge in [0.25, 0.3) is 0 Å². The molecule has 1 atom stereocenters. The van der Waals surface area contributed by atoms with Crippen LogP contribution in [0.3, 0.4) is 0 Å². The fraction of sp³-hybridized carbons (Fsp3) is 0.909. The lowest BCUT2D eigenvalue weighted by Crippen LogP contribution is -2.30. The van der Waals surface area contributed by atoms with E-state index in [9.17, 15) is 4.79 Å². The van der Waals surface area contributed by atoms with Crippen molar-refractivity contribution in [3.63, 3.8) is 0 Å². The highest BCUT2D eigenvalue weighted by molar-refractivity contribution is 5.78. The molecule has 0 heterocycles. The van der Waals surface area contributed by atoms with Crippen molar-refractivity contribution < 1.29 is 4.79 Å². The molecular weight excluding hydrogens is 162 g/mol. The molecule has 0 aromatic rings. The van der Waals surface area contributed by atoms with E-state index in [1.165, 1.54) is 12.8 Å². The minimum atomic E-state index is 0.248. The second-order valence-electron chi connectivity index (χ2n) is 3.52. The highest BCUT2D eigenvalue weighted by Crippen LogP contribution is 2.14. The predicted molar refractivity (Wildman–Crippen MR) is 56.6 cm³/mol. The minimum Gasteiger partial charge on any atom is -0.356 e. The van der Waals surface area contributed by atoms with Crippen LogP contribution in [0.5, 0.6) is 0 Å². The van der Waals surface area contributed by atoms with Crippen molar-refractivity contribution in [3.8, 4) is 0 Å². The first-order valence-electron chi connectivity index (χ1n) is 5.53. The molecule has 13 heavy (non-hydrogen) atoms. The van der Waals surface area contributed by atoms with Crippen molar-refractivity contribution in [3.05, 3.63) is 0 Å². The molecule has 0 fully saturated rings. The molecule has 0 aliphatic carbocycles. The summed E-state index contributed by atoms with van der Waals surface area (Å²) < 4.78 is 0. The number of rotatable bonds is 7. The van der Waals surface area contributed by atoms with Gasteiger partial charge in [0.2, 0.25) is 5.91 Å². The zero-order chi connectivity index (χ0) is 10.1. The Morgan fingerprint density at radius 1 is 1.15 bits per heavy atom. The van der Waals surface area contributed by atoms with Crippen molar-refractivity contribution in [1.29, 1.82) is 0 Å². The van der Waals surface area contributed by atoms with Crippen molar-refractivity contribution in [1.82, 2.24) is 5.32 Å². The Labute approximate surface area is 82.1 Å². The lowest BCUT2D eigenvalue weighted by molar-refractivity contribution is -0.125. The third-order valence-electron chi connectivity index (χ3n) is 2.27. The number of nitrogens with one attached hydrogen (secondary N) is 1. The smallest absolute Gasteiger partial charge is 0.223 e. The summed E-state index contributed by atoms with van der Waals surface area (Å²) in [6, 6.07) is 0. The Kier molecular flexibility index (Phi) is 7.76. The van der Waals surface area contributed by atoms with Crippen LogP contribution in [0.4, 0.5) is 0 Å². The fourth-order valence-electron chi connectivity index (χ4n) is 1.52. The fourth-order valence-corrected chi connectivity index (χ4v) is 1.52. The van der Waals surface area contributed by atoms with E-state index in [1.807, 2.05) is 6.92 Å². The molecule has 1 unspecified atom stereocenters. The standard InChI is InChI=1S/C11H23NO/c1-4-7-9-10(8-5-2)11(13)12-6-3/h10H,4-9H2,1-3H3,(H,12,13). The third-order valence-corrected chi connectivity index (χ3v) is 2.27. The lowest BCUT2D eigenvalue weighted by atomic mass is 9.96. The maximum Gasteiger partial charge on any atom is 0.223 e. The van der Waals surface area contributed by atoms with Crippen LogP contribution in [0.2, 0.25) is 0 Å². The van der Waals surface area contributed by atoms with Gasteiger partial charge in [-0.2, -0.15) is 0 Å². The summed E-state index contributed by atoms with van der Waals surface area (Å²) in [5.41, 5.74) is 0. The Morgan fingerprint density at radius 3 is 2.31 bits per heavy atom. The first-order valence-corrected chi connectivity index (χ1v) is 5.53. The maximum absolute atomic E-state index is 11.5. The molecule has 0 rings (SSSR count). The predicted octanol–water partition coefficient (Wildman–Crippen LogP) is 2.73. The quantitative estimate of drug-likeness (QED) is 0.649. The second-order valence-corrected chi connectivity index (χ2v) is 3.52. The van der Waals surface area contributed by atoms with Gasteiger partial charge in [0, 0.05) is 12.5 Å². The number of unbranched alkanes of at least 4 members (excludes halogenated alkanes) is 1. The van der Waals surface area contributed by atoms with E-state index < -0.39 is 0 Å². The van der Waals surface area contributed by atoms with E-state index in [4.69, 9.17) is 0 Å². The lowest BCUT2D eigenvalue weighted by Gasteiger charge is -2.14. The third kappa shape index (κ3) is 5.67. The summed E-state index contributed by atoms with van der Waals surface area (Å²) in [5.74, 6) is 0.503. The first kappa shape index (κ1) is 12.5. The van der Waals surface area contributed by atoms with Gasteiger partial charge in [0.1, 0.15) is 0 Å². The van der Waals surface area contributed by atoms with Crippen LogP contribution < -0.4 is 5.32 Å². The van der Waals surface area contributed by atoms with Gasteiger partial charge >= 0.3 is 0 Å². The van der Waals surface area contributed by atoms with Crippen LogP contribution in [-0.4, -0.2) is 12.5 Å². The summed E-state index contributed by atoms with van der Waals surface area (Å²) in [7, 11) is 0. The Balaban J connectivity index is 3.83. The number of carbonyl (C=O) groups excluding carboxylic acids is 1. The zero-order valence-corrected chi connectivity index (χ0v) is 9.23. The molecule has 1 amide bonds. The van der Waals surface area contributed by atoms with Crippen LogP contribution in [-0.2, 0) is 4.79 Å². The molecule has 2 nitrogen and oxygen atoms in total. The normalized spacial score (nSPS) is 12.5. The number of hydrogen-bond acceptors (Lipinski definition) is 1. The molecule has 0 radical (unpaired) electrons. The largest absolute Gasteiger partial charge is 0.356 e. The SMILES string of the molecule is CCCCC(CCC)C(=O)NCC. The number of amides is 1. The average Bonchev–Trinajstić information content (AvgIpc) is 2.12. The van der Waals surface area contributed by atoms with E-state index in [0.29, 0.717) is 0 Å². The molecule has 0 saturated heterocycles. The van der Waals surface area contributed by atoms with Crippen molar-refractivity contribution in [2.45, 2.75) is 52.9 Å². The molecule has 0 aromatic carbocycles. The van der Waals surface area contributed by atoms with Crippen molar-refractivity contribution in [2.75, 3.05) is 6.54 Å². The van der Waals surface area contributed by atoms with Gasteiger partial charge in [0.15, 0.2) is 0 Å². The Hall–Kier alpha value is -0.530. The molecule has 0 spiro atoms. The first-order chi connectivity index (χ1) is 6.26. The molecule has 1 N–H and O–H groups in total. The van der Waals surface area contributed by atoms with Gasteiger partial charge < -0.3 is 5.32 Å². The molecule has 0 saturated carbocycles. The average molecular weight is 185 g/mol. The summed E-state index contributed by atoms with van der Waals surface area (Å²) in [6.45, 7) is 7.03. The van der Waals surface area contributed by atoms with E-state index in [0.717, 1.165) is 25.8 Å². The molecule has 0 aliphatic heterocycles. The van der Waals surface area contributed by atoms with E-state index in [-0.39, 0.29) is 11.8 Å². The van der Waals surface area contributed by atoms with Gasteiger partial charge in [-0.15, -0.1) is 0 Å². The van der Waals surface area contributed by atoms with Crippen molar-refractivity contribution >= 4 is 5.91 Å². The van der Waals surface area contributed by atoms with Crippen LogP contribution in [0.15, 0.2) is 0 Å². The summed E-state index contributed by atoms with van der Waals surface area (Å²) in [6.07, 6.45) is 5.54. The van der Waals surface area contributed by atoms with Crippen molar-refractivity contribution in [2.24, 2.45) is 5.92 Å². The molecule has 0 aromatic heterocycles.